The number of rotatable bonds is 4. The van der Waals surface area contributed by atoms with E-state index >= 15 is 0 Å². The van der Waals surface area contributed by atoms with Crippen LogP contribution in [0.4, 0.5) is 4.79 Å². The van der Waals surface area contributed by atoms with Crippen molar-refractivity contribution in [3.05, 3.63) is 30.5 Å². The van der Waals surface area contributed by atoms with Gasteiger partial charge >= 0.3 is 36.1 Å². The second-order valence-corrected chi connectivity index (χ2v) is 12.8. The number of hydrogen-bond acceptors (Lipinski definition) is 2. The molecule has 0 bridgehead atoms. The molecule has 4 nitrogen and oxygen atoms in total. The molecule has 140 valence electrons. The SMILES string of the molecule is CCN(CC)C(=O)Oc1[c-]c2ccn([Si](C)(C)C(C)(C)C)c2cc1.[Zn+][Br]. The summed E-state index contributed by atoms with van der Waals surface area (Å²) in [5, 5.41) is 1.23. The summed E-state index contributed by atoms with van der Waals surface area (Å²) in [5.41, 5.74) is 1.16. The molecular formula is C19H29BrN2O2SiZn. The summed E-state index contributed by atoms with van der Waals surface area (Å²) in [4.78, 5) is 13.7. The maximum atomic E-state index is 12.1. The summed E-state index contributed by atoms with van der Waals surface area (Å²) in [6, 6.07) is 9.18. The summed E-state index contributed by atoms with van der Waals surface area (Å²) in [6.45, 7) is 16.8. The van der Waals surface area contributed by atoms with Crippen molar-refractivity contribution in [3.8, 4) is 5.75 Å². The number of aromatic nitrogens is 1. The predicted octanol–water partition coefficient (Wildman–Crippen LogP) is 5.98. The van der Waals surface area contributed by atoms with Crippen LogP contribution in [0.1, 0.15) is 34.6 Å². The molecule has 2 aromatic rings. The van der Waals surface area contributed by atoms with Crippen LogP contribution in [0.15, 0.2) is 24.4 Å². The zero-order valence-corrected chi connectivity index (χ0v) is 22.6. The number of carbonyl (C=O) groups is 1. The van der Waals surface area contributed by atoms with Crippen molar-refractivity contribution in [3.63, 3.8) is 0 Å². The monoisotopic (exact) mass is 488 g/mol. The Balaban J connectivity index is 0.00000163. The van der Waals surface area contributed by atoms with Crippen LogP contribution in [-0.2, 0) is 16.3 Å². The van der Waals surface area contributed by atoms with E-state index in [0.29, 0.717) is 18.8 Å². The second-order valence-electron chi connectivity index (χ2n) is 7.66. The van der Waals surface area contributed by atoms with Gasteiger partial charge in [0.25, 0.3) is 0 Å². The summed E-state index contributed by atoms with van der Waals surface area (Å²) < 4.78 is 7.87. The van der Waals surface area contributed by atoms with Crippen molar-refractivity contribution in [2.45, 2.75) is 52.8 Å². The third-order valence-corrected chi connectivity index (χ3v) is 10.5. The Morgan fingerprint density at radius 1 is 1.23 bits per heavy atom. The third kappa shape index (κ3) is 4.99. The van der Waals surface area contributed by atoms with Crippen molar-refractivity contribution in [2.24, 2.45) is 0 Å². The van der Waals surface area contributed by atoms with Crippen LogP contribution in [0, 0.1) is 6.07 Å². The van der Waals surface area contributed by atoms with Crippen LogP contribution in [0.25, 0.3) is 10.9 Å². The average Bonchev–Trinajstić information content (AvgIpc) is 3.00. The normalized spacial score (nSPS) is 11.8. The van der Waals surface area contributed by atoms with E-state index in [-0.39, 0.29) is 11.1 Å². The fourth-order valence-corrected chi connectivity index (χ4v) is 4.57. The summed E-state index contributed by atoms with van der Waals surface area (Å²) in [5.74, 6) is 0.479. The zero-order valence-electron chi connectivity index (χ0n) is 17.0. The van der Waals surface area contributed by atoms with Gasteiger partial charge in [0.15, 0.2) is 0 Å². The first-order valence-corrected chi connectivity index (χ1v) is 18.8. The molecule has 1 heterocycles. The van der Waals surface area contributed by atoms with Crippen LogP contribution in [-0.4, -0.2) is 36.6 Å². The standard InChI is InChI=1S/C19H29N2O2Si.BrH.Zn/c1-8-20(9-2)18(22)23-16-10-11-17-15(14-16)12-13-21(17)24(6,7)19(3,4)5;;/h10-13H,8-9H2,1-7H3;1H;/q-1;;+2/p-1. The van der Waals surface area contributed by atoms with E-state index in [1.54, 1.807) is 4.90 Å². The molecule has 1 aromatic heterocycles. The molecule has 1 aromatic carbocycles. The molecule has 0 fully saturated rings. The van der Waals surface area contributed by atoms with E-state index in [9.17, 15) is 4.79 Å². The molecule has 0 saturated carbocycles. The quantitative estimate of drug-likeness (QED) is 0.390. The summed E-state index contributed by atoms with van der Waals surface area (Å²) >= 11 is 4.25. The fraction of sp³-hybridized carbons (Fsp3) is 0.526. The van der Waals surface area contributed by atoms with Gasteiger partial charge in [0, 0.05) is 13.1 Å². The molecule has 2 rings (SSSR count). The van der Waals surface area contributed by atoms with E-state index in [4.69, 9.17) is 4.74 Å². The van der Waals surface area contributed by atoms with Crippen molar-refractivity contribution in [1.82, 2.24) is 9.13 Å². The van der Waals surface area contributed by atoms with E-state index in [1.807, 2.05) is 26.0 Å². The van der Waals surface area contributed by atoms with Gasteiger partial charge in [-0.2, -0.15) is 0 Å². The minimum absolute atomic E-state index is 0.243. The van der Waals surface area contributed by atoms with E-state index < -0.39 is 8.24 Å². The van der Waals surface area contributed by atoms with Crippen LogP contribution >= 0.6 is 13.6 Å². The Kier molecular flexibility index (Phi) is 8.56. The molecule has 0 aliphatic rings. The molecule has 1 amide bonds. The van der Waals surface area contributed by atoms with Crippen molar-refractivity contribution >= 4 is 38.9 Å². The average molecular weight is 491 g/mol. The van der Waals surface area contributed by atoms with Gasteiger partial charge in [-0.25, -0.2) is 4.79 Å². The van der Waals surface area contributed by atoms with Gasteiger partial charge in [-0.3, -0.25) is 0 Å². The molecular weight excluding hydrogens is 462 g/mol. The molecule has 0 aliphatic carbocycles. The van der Waals surface area contributed by atoms with E-state index in [0.717, 1.165) is 10.9 Å². The van der Waals surface area contributed by atoms with Crippen LogP contribution in [0.2, 0.25) is 18.1 Å². The number of ether oxygens (including phenoxy) is 1. The van der Waals surface area contributed by atoms with Gasteiger partial charge in [0.1, 0.15) is 8.24 Å². The first-order chi connectivity index (χ1) is 12.1. The number of amides is 1. The summed E-state index contributed by atoms with van der Waals surface area (Å²) in [7, 11) is -1.69. The van der Waals surface area contributed by atoms with Gasteiger partial charge in [-0.1, -0.05) is 57.7 Å². The molecule has 0 atom stereocenters. The molecule has 0 radical (unpaired) electrons. The van der Waals surface area contributed by atoms with E-state index in [1.165, 1.54) is 16.3 Å². The number of halogens is 1. The predicted molar refractivity (Wildman–Crippen MR) is 111 cm³/mol. The van der Waals surface area contributed by atoms with Crippen LogP contribution < -0.4 is 4.74 Å². The Hall–Kier alpha value is -0.650. The number of fused-ring (bicyclic) bond motifs is 1. The molecule has 0 aliphatic heterocycles. The topological polar surface area (TPSA) is 34.5 Å². The second kappa shape index (κ2) is 9.52. The number of hydrogen-bond donors (Lipinski definition) is 0. The fourth-order valence-electron chi connectivity index (χ4n) is 2.60. The van der Waals surface area contributed by atoms with Crippen molar-refractivity contribution in [1.29, 1.82) is 0 Å². The van der Waals surface area contributed by atoms with E-state index in [2.05, 4.69) is 70.1 Å². The van der Waals surface area contributed by atoms with Crippen LogP contribution in [0.5, 0.6) is 5.75 Å². The Bertz CT molecular complexity index is 737. The van der Waals surface area contributed by atoms with Gasteiger partial charge in [-0.05, 0) is 18.9 Å². The Morgan fingerprint density at radius 3 is 2.31 bits per heavy atom. The molecule has 26 heavy (non-hydrogen) atoms. The van der Waals surface area contributed by atoms with Gasteiger partial charge in [0.2, 0.25) is 0 Å². The maximum absolute atomic E-state index is 12.1. The van der Waals surface area contributed by atoms with Gasteiger partial charge < -0.3 is 13.9 Å². The molecule has 0 saturated heterocycles. The zero-order chi connectivity index (χ0) is 20.1. The first-order valence-electron chi connectivity index (χ1n) is 8.89. The Morgan fingerprint density at radius 2 is 1.81 bits per heavy atom. The number of benzene rings is 1. The molecule has 0 N–H and O–H groups in total. The molecule has 7 heteroatoms. The first kappa shape index (κ1) is 23.4. The van der Waals surface area contributed by atoms with Gasteiger partial charge in [-0.15, -0.1) is 17.5 Å². The van der Waals surface area contributed by atoms with Crippen molar-refractivity contribution < 1.29 is 25.9 Å². The third-order valence-electron chi connectivity index (χ3n) is 5.23. The minimum atomic E-state index is -1.69. The van der Waals surface area contributed by atoms with Crippen molar-refractivity contribution in [2.75, 3.05) is 13.1 Å². The van der Waals surface area contributed by atoms with Crippen LogP contribution in [0.3, 0.4) is 0 Å². The Labute approximate surface area is 175 Å². The van der Waals surface area contributed by atoms with Gasteiger partial charge in [0.05, 0.1) is 5.75 Å². The molecule has 0 spiro atoms. The number of carbonyl (C=O) groups excluding carboxylic acids is 1. The number of nitrogens with zero attached hydrogens (tertiary/aromatic N) is 2. The summed E-state index contributed by atoms with van der Waals surface area (Å²) in [6.07, 6.45) is 1.83. The molecule has 0 unspecified atom stereocenters.